The molecule has 1 aromatic carbocycles. The van der Waals surface area contributed by atoms with E-state index in [1.54, 1.807) is 0 Å². The van der Waals surface area contributed by atoms with Crippen molar-refractivity contribution in [2.75, 3.05) is 19.7 Å². The normalized spacial score (nSPS) is 31.7. The predicted molar refractivity (Wildman–Crippen MR) is 94.0 cm³/mol. The minimum Gasteiger partial charge on any atom is -0.396 e. The van der Waals surface area contributed by atoms with Gasteiger partial charge in [-0.1, -0.05) is 25.1 Å². The summed E-state index contributed by atoms with van der Waals surface area (Å²) in [6.07, 6.45) is 6.71. The van der Waals surface area contributed by atoms with Gasteiger partial charge >= 0.3 is 6.03 Å². The molecule has 4 heteroatoms. The van der Waals surface area contributed by atoms with Crippen molar-refractivity contribution in [3.05, 3.63) is 34.9 Å². The summed E-state index contributed by atoms with van der Waals surface area (Å²) in [7, 11) is 0. The van der Waals surface area contributed by atoms with Crippen LogP contribution in [-0.4, -0.2) is 35.7 Å². The molecule has 1 heterocycles. The Morgan fingerprint density at radius 2 is 2.29 bits per heavy atom. The van der Waals surface area contributed by atoms with Crippen molar-refractivity contribution in [3.63, 3.8) is 0 Å². The number of nitrogens with zero attached hydrogens (tertiary/aromatic N) is 1. The van der Waals surface area contributed by atoms with Crippen LogP contribution >= 0.6 is 0 Å². The quantitative estimate of drug-likeness (QED) is 0.875. The number of benzene rings is 1. The van der Waals surface area contributed by atoms with E-state index in [2.05, 4.69) is 30.4 Å². The number of amides is 2. The number of hydrogen-bond donors (Lipinski definition) is 2. The molecule has 0 bridgehead atoms. The Morgan fingerprint density at radius 1 is 1.42 bits per heavy atom. The van der Waals surface area contributed by atoms with Gasteiger partial charge in [-0.2, -0.15) is 0 Å². The Kier molecular flexibility index (Phi) is 4.03. The number of likely N-dealkylation sites (tertiary alicyclic amines) is 1. The van der Waals surface area contributed by atoms with E-state index in [-0.39, 0.29) is 24.1 Å². The minimum absolute atomic E-state index is 0.0376. The number of piperidine rings is 1. The number of carbonyl (C=O) groups is 1. The predicted octanol–water partition coefficient (Wildman–Crippen LogP) is 3.36. The Bertz CT molecular complexity index is 645. The first-order valence-electron chi connectivity index (χ1n) is 9.38. The smallest absolute Gasteiger partial charge is 0.317 e. The highest BCUT2D eigenvalue weighted by molar-refractivity contribution is 5.75. The second-order valence-electron chi connectivity index (χ2n) is 8.24. The SMILES string of the molecule is CC1(CO)CCCN(C(=O)NC2CC3CCCc4cccc2c43)C1. The van der Waals surface area contributed by atoms with Crippen LogP contribution in [-0.2, 0) is 6.42 Å². The zero-order chi connectivity index (χ0) is 16.7. The number of carbonyl (C=O) groups excluding carboxylic acids is 1. The summed E-state index contributed by atoms with van der Waals surface area (Å²) in [5.41, 5.74) is 4.20. The lowest BCUT2D eigenvalue weighted by molar-refractivity contribution is 0.0607. The molecule has 3 unspecified atom stereocenters. The number of aliphatic hydroxyl groups excluding tert-OH is 1. The number of hydrogen-bond acceptors (Lipinski definition) is 2. The molecule has 0 aromatic heterocycles. The zero-order valence-electron chi connectivity index (χ0n) is 14.6. The largest absolute Gasteiger partial charge is 0.396 e. The van der Waals surface area contributed by atoms with Crippen LogP contribution in [0.1, 0.15) is 67.7 Å². The number of nitrogens with one attached hydrogen (secondary N) is 1. The highest BCUT2D eigenvalue weighted by Gasteiger charge is 2.37. The summed E-state index contributed by atoms with van der Waals surface area (Å²) in [5, 5.41) is 12.9. The number of rotatable bonds is 2. The summed E-state index contributed by atoms with van der Waals surface area (Å²) in [4.78, 5) is 14.7. The number of aliphatic hydroxyl groups is 1. The van der Waals surface area contributed by atoms with Crippen LogP contribution in [0.15, 0.2) is 18.2 Å². The highest BCUT2D eigenvalue weighted by atomic mass is 16.3. The molecule has 1 saturated heterocycles. The lowest BCUT2D eigenvalue weighted by atomic mass is 9.83. The standard InChI is InChI=1S/C20H28N2O2/c1-20(13-23)9-4-10-22(12-20)19(24)21-17-11-15-7-2-5-14-6-3-8-16(17)18(14)15/h3,6,8,15,17,23H,2,4-5,7,9-13H2,1H3,(H,21,24). The van der Waals surface area contributed by atoms with Gasteiger partial charge < -0.3 is 15.3 Å². The van der Waals surface area contributed by atoms with Gasteiger partial charge in [-0.25, -0.2) is 4.79 Å². The maximum atomic E-state index is 12.8. The van der Waals surface area contributed by atoms with Crippen molar-refractivity contribution in [2.24, 2.45) is 5.41 Å². The third kappa shape index (κ3) is 2.71. The van der Waals surface area contributed by atoms with Gasteiger partial charge in [-0.05, 0) is 61.1 Å². The fraction of sp³-hybridized carbons (Fsp3) is 0.650. The fourth-order valence-corrected chi connectivity index (χ4v) is 4.98. The van der Waals surface area contributed by atoms with E-state index in [1.165, 1.54) is 36.0 Å². The molecule has 0 radical (unpaired) electrons. The molecule has 2 N–H and O–H groups in total. The maximum Gasteiger partial charge on any atom is 0.317 e. The van der Waals surface area contributed by atoms with E-state index in [9.17, 15) is 9.90 Å². The minimum atomic E-state index is -0.151. The Labute approximate surface area is 144 Å². The van der Waals surface area contributed by atoms with Gasteiger partial charge in [-0.3, -0.25) is 0 Å². The van der Waals surface area contributed by atoms with Crippen LogP contribution in [0.25, 0.3) is 0 Å². The lowest BCUT2D eigenvalue weighted by Crippen LogP contribution is -2.50. The van der Waals surface area contributed by atoms with Gasteiger partial charge in [0.2, 0.25) is 0 Å². The molecule has 24 heavy (non-hydrogen) atoms. The molecule has 4 nitrogen and oxygen atoms in total. The average molecular weight is 328 g/mol. The van der Waals surface area contributed by atoms with E-state index >= 15 is 0 Å². The summed E-state index contributed by atoms with van der Waals surface area (Å²) in [5.74, 6) is 0.624. The van der Waals surface area contributed by atoms with Crippen molar-refractivity contribution in [3.8, 4) is 0 Å². The van der Waals surface area contributed by atoms with Crippen LogP contribution in [0.3, 0.4) is 0 Å². The molecule has 0 spiro atoms. The summed E-state index contributed by atoms with van der Waals surface area (Å²) >= 11 is 0. The zero-order valence-corrected chi connectivity index (χ0v) is 14.6. The van der Waals surface area contributed by atoms with Gasteiger partial charge in [-0.15, -0.1) is 0 Å². The van der Waals surface area contributed by atoms with Gasteiger partial charge in [0, 0.05) is 18.5 Å². The van der Waals surface area contributed by atoms with E-state index in [1.807, 2.05) is 4.90 Å². The molecule has 130 valence electrons. The molecule has 0 saturated carbocycles. The first-order valence-corrected chi connectivity index (χ1v) is 9.38. The van der Waals surface area contributed by atoms with Crippen molar-refractivity contribution in [1.29, 1.82) is 0 Å². The number of aryl methyl sites for hydroxylation is 1. The summed E-state index contributed by atoms with van der Waals surface area (Å²) in [6.45, 7) is 3.67. The van der Waals surface area contributed by atoms with Gasteiger partial charge in [0.05, 0.1) is 12.6 Å². The maximum absolute atomic E-state index is 12.8. The van der Waals surface area contributed by atoms with Crippen LogP contribution < -0.4 is 5.32 Å². The molecular formula is C20H28N2O2. The molecule has 1 fully saturated rings. The first kappa shape index (κ1) is 15.9. The Hall–Kier alpha value is -1.55. The highest BCUT2D eigenvalue weighted by Crippen LogP contribution is 2.47. The average Bonchev–Trinajstić information content (AvgIpc) is 2.95. The molecule has 1 aromatic rings. The third-order valence-corrected chi connectivity index (χ3v) is 6.28. The molecule has 2 amide bonds. The molecule has 3 aliphatic rings. The van der Waals surface area contributed by atoms with Crippen LogP contribution in [0, 0.1) is 5.41 Å². The van der Waals surface area contributed by atoms with E-state index in [0.717, 1.165) is 25.8 Å². The summed E-state index contributed by atoms with van der Waals surface area (Å²) in [6, 6.07) is 6.79. The fourth-order valence-electron chi connectivity index (χ4n) is 4.98. The van der Waals surface area contributed by atoms with E-state index < -0.39 is 0 Å². The second kappa shape index (κ2) is 6.07. The summed E-state index contributed by atoms with van der Waals surface area (Å²) < 4.78 is 0. The Morgan fingerprint density at radius 3 is 3.12 bits per heavy atom. The molecule has 4 rings (SSSR count). The van der Waals surface area contributed by atoms with Gasteiger partial charge in [0.15, 0.2) is 0 Å². The lowest BCUT2D eigenvalue weighted by Gasteiger charge is -2.39. The van der Waals surface area contributed by atoms with Crippen molar-refractivity contribution >= 4 is 6.03 Å². The molecule has 2 aliphatic carbocycles. The van der Waals surface area contributed by atoms with Gasteiger partial charge in [0.1, 0.15) is 0 Å². The third-order valence-electron chi connectivity index (χ3n) is 6.28. The Balaban J connectivity index is 1.49. The van der Waals surface area contributed by atoms with Crippen LogP contribution in [0.2, 0.25) is 0 Å². The first-order chi connectivity index (χ1) is 11.6. The van der Waals surface area contributed by atoms with Crippen molar-refractivity contribution in [2.45, 2.75) is 57.4 Å². The molecule has 3 atom stereocenters. The van der Waals surface area contributed by atoms with E-state index in [0.29, 0.717) is 12.5 Å². The molecular weight excluding hydrogens is 300 g/mol. The topological polar surface area (TPSA) is 52.6 Å². The second-order valence-corrected chi connectivity index (χ2v) is 8.24. The van der Waals surface area contributed by atoms with E-state index in [4.69, 9.17) is 0 Å². The van der Waals surface area contributed by atoms with Crippen molar-refractivity contribution < 1.29 is 9.90 Å². The monoisotopic (exact) mass is 328 g/mol. The number of urea groups is 1. The van der Waals surface area contributed by atoms with Crippen molar-refractivity contribution in [1.82, 2.24) is 10.2 Å². The van der Waals surface area contributed by atoms with Crippen LogP contribution in [0.4, 0.5) is 4.79 Å². The van der Waals surface area contributed by atoms with Crippen LogP contribution in [0.5, 0.6) is 0 Å². The molecule has 1 aliphatic heterocycles. The van der Waals surface area contributed by atoms with Gasteiger partial charge in [0.25, 0.3) is 0 Å².